The van der Waals surface area contributed by atoms with Gasteiger partial charge in [-0.05, 0) is 31.5 Å². The summed E-state index contributed by atoms with van der Waals surface area (Å²) in [6.07, 6.45) is 4.28. The minimum atomic E-state index is -0.594. The maximum absolute atomic E-state index is 14.4. The van der Waals surface area contributed by atoms with Crippen molar-refractivity contribution in [2.45, 2.75) is 32.0 Å². The minimum absolute atomic E-state index is 0.0244. The van der Waals surface area contributed by atoms with E-state index in [2.05, 4.69) is 15.6 Å². The molecule has 0 aliphatic carbocycles. The van der Waals surface area contributed by atoms with E-state index >= 15 is 0 Å². The second-order valence-corrected chi connectivity index (χ2v) is 6.26. The lowest BCUT2D eigenvalue weighted by Crippen LogP contribution is -2.40. The van der Waals surface area contributed by atoms with Gasteiger partial charge in [0, 0.05) is 29.9 Å². The number of methoxy groups -OCH3 is 1. The summed E-state index contributed by atoms with van der Waals surface area (Å²) in [7, 11) is 1.46. The van der Waals surface area contributed by atoms with Crippen molar-refractivity contribution in [3.63, 3.8) is 0 Å². The van der Waals surface area contributed by atoms with Crippen LogP contribution in [-0.2, 0) is 17.9 Å². The molecule has 2 heterocycles. The zero-order valence-electron chi connectivity index (χ0n) is 14.9. The van der Waals surface area contributed by atoms with E-state index in [0.29, 0.717) is 16.9 Å². The number of carbonyl (C=O) groups excluding carboxylic acids is 1. The molecule has 0 spiro atoms. The van der Waals surface area contributed by atoms with E-state index in [1.807, 2.05) is 0 Å². The van der Waals surface area contributed by atoms with Crippen LogP contribution in [0.25, 0.3) is 0 Å². The summed E-state index contributed by atoms with van der Waals surface area (Å²) < 4.78 is 38.2. The van der Waals surface area contributed by atoms with E-state index in [4.69, 9.17) is 9.47 Å². The smallest absolute Gasteiger partial charge is 0.237 e. The predicted octanol–water partition coefficient (Wildman–Crippen LogP) is 2.32. The number of rotatable bonds is 7. The zero-order valence-corrected chi connectivity index (χ0v) is 14.9. The Balaban J connectivity index is 1.66. The first-order chi connectivity index (χ1) is 13.1. The molecule has 2 N–H and O–H groups in total. The molecule has 1 aliphatic rings. The average Bonchev–Trinajstić information content (AvgIpc) is 3.20. The van der Waals surface area contributed by atoms with Crippen molar-refractivity contribution in [1.29, 1.82) is 0 Å². The molecule has 0 saturated carbocycles. The van der Waals surface area contributed by atoms with Crippen LogP contribution in [0.5, 0.6) is 11.5 Å². The van der Waals surface area contributed by atoms with Crippen molar-refractivity contribution in [3.8, 4) is 11.5 Å². The molecule has 6 nitrogen and oxygen atoms in total. The number of nitrogens with one attached hydrogen (secondary N) is 2. The van der Waals surface area contributed by atoms with Gasteiger partial charge in [0.25, 0.3) is 0 Å². The van der Waals surface area contributed by atoms with Gasteiger partial charge in [-0.1, -0.05) is 0 Å². The number of nitrogens with zero attached hydrogens (tertiary/aromatic N) is 1. The molecule has 144 valence electrons. The van der Waals surface area contributed by atoms with Gasteiger partial charge in [0.2, 0.25) is 5.91 Å². The third kappa shape index (κ3) is 4.91. The van der Waals surface area contributed by atoms with Gasteiger partial charge in [0.15, 0.2) is 11.6 Å². The lowest BCUT2D eigenvalue weighted by atomic mass is 10.1. The number of carbonyl (C=O) groups is 1. The standard InChI is InChI=1S/C19H21F2N3O3/c1-26-17-7-18(27-11-12-5-14(20)10-22-8-12)15(21)6-13(17)9-24-19(25)16-3-2-4-23-16/h5-8,10,16,23H,2-4,9,11H2,1H3,(H,24,25). The Kier molecular flexibility index (Phi) is 6.18. The van der Waals surface area contributed by atoms with Gasteiger partial charge in [-0.2, -0.15) is 0 Å². The predicted molar refractivity (Wildman–Crippen MR) is 94.4 cm³/mol. The summed E-state index contributed by atoms with van der Waals surface area (Å²) in [5.41, 5.74) is 0.981. The van der Waals surface area contributed by atoms with Crippen LogP contribution in [0, 0.1) is 11.6 Å². The molecule has 8 heteroatoms. The summed E-state index contributed by atoms with van der Waals surface area (Å²) in [6, 6.07) is 3.74. The number of hydrogen-bond acceptors (Lipinski definition) is 5. The van der Waals surface area contributed by atoms with Crippen LogP contribution >= 0.6 is 0 Å². The first-order valence-electron chi connectivity index (χ1n) is 8.66. The third-order valence-corrected chi connectivity index (χ3v) is 4.32. The van der Waals surface area contributed by atoms with Crippen LogP contribution in [0.4, 0.5) is 8.78 Å². The van der Waals surface area contributed by atoms with Gasteiger partial charge in [0.05, 0.1) is 19.3 Å². The number of hydrogen-bond donors (Lipinski definition) is 2. The molecule has 1 aromatic carbocycles. The number of ether oxygens (including phenoxy) is 2. The summed E-state index contributed by atoms with van der Waals surface area (Å²) in [4.78, 5) is 15.8. The molecule has 27 heavy (non-hydrogen) atoms. The highest BCUT2D eigenvalue weighted by Crippen LogP contribution is 2.29. The monoisotopic (exact) mass is 377 g/mol. The molecule has 0 radical (unpaired) electrons. The van der Waals surface area contributed by atoms with Gasteiger partial charge >= 0.3 is 0 Å². The highest BCUT2D eigenvalue weighted by atomic mass is 19.1. The van der Waals surface area contributed by atoms with Gasteiger partial charge in [-0.25, -0.2) is 8.78 Å². The SMILES string of the molecule is COc1cc(OCc2cncc(F)c2)c(F)cc1CNC(=O)C1CCCN1. The van der Waals surface area contributed by atoms with Crippen LogP contribution in [0.2, 0.25) is 0 Å². The Morgan fingerprint density at radius 3 is 2.85 bits per heavy atom. The lowest BCUT2D eigenvalue weighted by molar-refractivity contribution is -0.122. The number of pyridine rings is 1. The number of benzene rings is 1. The Morgan fingerprint density at radius 1 is 1.30 bits per heavy atom. The molecule has 3 rings (SSSR count). The van der Waals surface area contributed by atoms with Crippen LogP contribution in [-0.4, -0.2) is 30.6 Å². The van der Waals surface area contributed by atoms with Crippen molar-refractivity contribution in [2.24, 2.45) is 0 Å². The van der Waals surface area contributed by atoms with Crippen molar-refractivity contribution >= 4 is 5.91 Å². The van der Waals surface area contributed by atoms with Crippen molar-refractivity contribution < 1.29 is 23.0 Å². The summed E-state index contributed by atoms with van der Waals surface area (Å²) in [6.45, 7) is 0.933. The molecule has 1 atom stereocenters. The maximum Gasteiger partial charge on any atom is 0.237 e. The highest BCUT2D eigenvalue weighted by Gasteiger charge is 2.22. The van der Waals surface area contributed by atoms with E-state index in [1.54, 1.807) is 0 Å². The summed E-state index contributed by atoms with van der Waals surface area (Å²) in [5, 5.41) is 5.90. The number of halogens is 2. The Bertz CT molecular complexity index is 811. The summed E-state index contributed by atoms with van der Waals surface area (Å²) >= 11 is 0. The third-order valence-electron chi connectivity index (χ3n) is 4.32. The van der Waals surface area contributed by atoms with E-state index in [9.17, 15) is 13.6 Å². The fourth-order valence-corrected chi connectivity index (χ4v) is 2.92. The van der Waals surface area contributed by atoms with Crippen molar-refractivity contribution in [2.75, 3.05) is 13.7 Å². The van der Waals surface area contributed by atoms with Crippen LogP contribution in [0.1, 0.15) is 24.0 Å². The van der Waals surface area contributed by atoms with E-state index < -0.39 is 11.6 Å². The van der Waals surface area contributed by atoms with E-state index in [0.717, 1.165) is 25.6 Å². The molecule has 1 amide bonds. The molecule has 1 fully saturated rings. The fourth-order valence-electron chi connectivity index (χ4n) is 2.92. The Labute approximate surface area is 155 Å². The van der Waals surface area contributed by atoms with E-state index in [1.165, 1.54) is 31.5 Å². The quantitative estimate of drug-likeness (QED) is 0.775. The molecule has 1 aliphatic heterocycles. The second kappa shape index (κ2) is 8.77. The van der Waals surface area contributed by atoms with Gasteiger partial charge in [-0.3, -0.25) is 9.78 Å². The normalized spacial score (nSPS) is 16.2. The van der Waals surface area contributed by atoms with Crippen molar-refractivity contribution in [3.05, 3.63) is 53.4 Å². The van der Waals surface area contributed by atoms with Gasteiger partial charge in [0.1, 0.15) is 18.2 Å². The molecular weight excluding hydrogens is 356 g/mol. The van der Waals surface area contributed by atoms with Crippen LogP contribution in [0.15, 0.2) is 30.6 Å². The molecular formula is C19H21F2N3O3. The maximum atomic E-state index is 14.4. The molecule has 2 aromatic rings. The van der Waals surface area contributed by atoms with Gasteiger partial charge in [-0.15, -0.1) is 0 Å². The minimum Gasteiger partial charge on any atom is -0.496 e. The topological polar surface area (TPSA) is 72.5 Å². The molecule has 1 unspecified atom stereocenters. The second-order valence-electron chi connectivity index (χ2n) is 6.26. The first kappa shape index (κ1) is 19.0. The molecule has 1 saturated heterocycles. The van der Waals surface area contributed by atoms with Crippen molar-refractivity contribution in [1.82, 2.24) is 15.6 Å². The van der Waals surface area contributed by atoms with E-state index in [-0.39, 0.29) is 30.9 Å². The fraction of sp³-hybridized carbons (Fsp3) is 0.368. The highest BCUT2D eigenvalue weighted by molar-refractivity contribution is 5.82. The Hall–Kier alpha value is -2.74. The van der Waals surface area contributed by atoms with Crippen LogP contribution in [0.3, 0.4) is 0 Å². The molecule has 0 bridgehead atoms. The van der Waals surface area contributed by atoms with Crippen LogP contribution < -0.4 is 20.1 Å². The lowest BCUT2D eigenvalue weighted by Gasteiger charge is -2.15. The average molecular weight is 377 g/mol. The number of amides is 1. The Morgan fingerprint density at radius 2 is 2.15 bits per heavy atom. The van der Waals surface area contributed by atoms with Gasteiger partial charge < -0.3 is 20.1 Å². The number of aromatic nitrogens is 1. The summed E-state index contributed by atoms with van der Waals surface area (Å²) in [5.74, 6) is -0.832. The first-order valence-corrected chi connectivity index (χ1v) is 8.66. The molecule has 1 aromatic heterocycles. The largest absolute Gasteiger partial charge is 0.496 e. The zero-order chi connectivity index (χ0) is 19.2.